The monoisotopic (exact) mass is 278 g/mol. The van der Waals surface area contributed by atoms with Crippen molar-refractivity contribution < 1.29 is 15.0 Å². The van der Waals surface area contributed by atoms with Crippen LogP contribution in [0.15, 0.2) is 61.2 Å². The predicted molar refractivity (Wildman–Crippen MR) is 77.6 cm³/mol. The van der Waals surface area contributed by atoms with Gasteiger partial charge in [-0.05, 0) is 17.6 Å². The fraction of sp³-hybridized carbons (Fsp3) is 0.133. The molecule has 0 radical (unpaired) electrons. The van der Waals surface area contributed by atoms with Crippen LogP contribution < -0.4 is 0 Å². The molecule has 19 heavy (non-hydrogen) atoms. The van der Waals surface area contributed by atoms with Crippen LogP contribution in [0, 0.1) is 0 Å². The third kappa shape index (κ3) is 5.02. The van der Waals surface area contributed by atoms with Gasteiger partial charge in [-0.2, -0.15) is 0 Å². The number of hydrogen-bond donors (Lipinski definition) is 2. The summed E-state index contributed by atoms with van der Waals surface area (Å²) in [5, 5.41) is 13.9. The fourth-order valence-corrected chi connectivity index (χ4v) is 1.94. The molecule has 2 N–H and O–H groups in total. The Morgan fingerprint density at radius 3 is 2.42 bits per heavy atom. The first-order valence-corrected chi connectivity index (χ1v) is 6.03. The third-order valence-electron chi connectivity index (χ3n) is 2.62. The number of halogens is 1. The lowest BCUT2D eigenvalue weighted by atomic mass is 9.89. The molecule has 100 valence electrons. The van der Waals surface area contributed by atoms with Crippen molar-refractivity contribution in [3.63, 3.8) is 0 Å². The molecule has 0 fully saturated rings. The first kappa shape index (κ1) is 15.1. The quantitative estimate of drug-likeness (QED) is 0.622. The minimum Gasteiger partial charge on any atom is -0.450 e. The van der Waals surface area contributed by atoms with Crippen molar-refractivity contribution >= 4 is 23.3 Å². The van der Waals surface area contributed by atoms with E-state index in [0.717, 1.165) is 6.42 Å². The summed E-state index contributed by atoms with van der Waals surface area (Å²) in [4.78, 5) is 8.14. The van der Waals surface area contributed by atoms with E-state index in [-0.39, 0.29) is 0 Å². The van der Waals surface area contributed by atoms with Crippen molar-refractivity contribution in [1.82, 2.24) is 0 Å². The van der Waals surface area contributed by atoms with Gasteiger partial charge in [0.25, 0.3) is 0 Å². The average Bonchev–Trinajstić information content (AvgIpc) is 2.39. The minimum absolute atomic E-state index is 0.417. The first-order valence-electron chi connectivity index (χ1n) is 5.65. The summed E-state index contributed by atoms with van der Waals surface area (Å²) in [6.45, 7) is 3.77. The molecule has 1 aromatic rings. The van der Waals surface area contributed by atoms with Crippen LogP contribution in [0.3, 0.4) is 0 Å². The maximum absolute atomic E-state index is 8.56. The number of allylic oxidation sites excluding steroid dienone is 5. The van der Waals surface area contributed by atoms with Crippen LogP contribution >= 0.6 is 11.6 Å². The Bertz CT molecular complexity index is 501. The molecular weight excluding hydrogens is 264 g/mol. The van der Waals surface area contributed by atoms with E-state index >= 15 is 0 Å². The van der Waals surface area contributed by atoms with Crippen molar-refractivity contribution in [3.8, 4) is 0 Å². The molecule has 2 rings (SSSR count). The molecule has 0 saturated heterocycles. The zero-order chi connectivity index (χ0) is 14.3. The highest BCUT2D eigenvalue weighted by atomic mass is 35.5. The zero-order valence-corrected chi connectivity index (χ0v) is 11.0. The molecule has 4 heteroatoms. The number of hydrogen-bond acceptors (Lipinski definition) is 1. The van der Waals surface area contributed by atoms with Gasteiger partial charge in [0.1, 0.15) is 0 Å². The Morgan fingerprint density at radius 2 is 1.89 bits per heavy atom. The predicted octanol–water partition coefficient (Wildman–Crippen LogP) is 4.42. The number of rotatable bonds is 2. The molecule has 1 aliphatic rings. The van der Waals surface area contributed by atoms with Crippen molar-refractivity contribution in [2.24, 2.45) is 0 Å². The van der Waals surface area contributed by atoms with E-state index in [1.165, 1.54) is 11.1 Å². The topological polar surface area (TPSA) is 57.5 Å². The maximum atomic E-state index is 8.56. The summed E-state index contributed by atoms with van der Waals surface area (Å²) in [5.74, 6) is 0. The Morgan fingerprint density at radius 1 is 1.32 bits per heavy atom. The molecule has 1 atom stereocenters. The molecule has 1 unspecified atom stereocenters. The lowest BCUT2D eigenvalue weighted by molar-refractivity contribution is 0.137. The van der Waals surface area contributed by atoms with Gasteiger partial charge in [-0.1, -0.05) is 54.6 Å². The second-order valence-corrected chi connectivity index (χ2v) is 4.71. The van der Waals surface area contributed by atoms with E-state index in [4.69, 9.17) is 26.6 Å². The minimum atomic E-state index is -1.83. The molecule has 0 spiro atoms. The number of alkyl halides is 1. The third-order valence-corrected chi connectivity index (χ3v) is 3.03. The number of benzene rings is 1. The number of carbonyl (C=O) groups is 1. The van der Waals surface area contributed by atoms with Gasteiger partial charge in [-0.15, -0.1) is 18.2 Å². The van der Waals surface area contributed by atoms with Crippen molar-refractivity contribution in [1.29, 1.82) is 0 Å². The molecule has 0 aromatic heterocycles. The normalized spacial score (nSPS) is 20.8. The van der Waals surface area contributed by atoms with Crippen molar-refractivity contribution in [2.75, 3.05) is 0 Å². The van der Waals surface area contributed by atoms with Crippen molar-refractivity contribution in [2.45, 2.75) is 11.3 Å². The first-order chi connectivity index (χ1) is 8.97. The highest BCUT2D eigenvalue weighted by Gasteiger charge is 2.23. The molecule has 3 nitrogen and oxygen atoms in total. The Hall–Kier alpha value is -2.00. The Labute approximate surface area is 117 Å². The van der Waals surface area contributed by atoms with E-state index in [1.807, 2.05) is 30.4 Å². The van der Waals surface area contributed by atoms with E-state index in [1.54, 1.807) is 6.08 Å². The van der Waals surface area contributed by atoms with Crippen LogP contribution in [0.1, 0.15) is 12.0 Å². The summed E-state index contributed by atoms with van der Waals surface area (Å²) >= 11 is 6.36. The molecule has 1 aliphatic carbocycles. The van der Waals surface area contributed by atoms with Gasteiger partial charge in [0, 0.05) is 0 Å². The van der Waals surface area contributed by atoms with Gasteiger partial charge in [0.2, 0.25) is 0 Å². The van der Waals surface area contributed by atoms with Crippen LogP contribution in [0.25, 0.3) is 5.57 Å². The second kappa shape index (κ2) is 6.81. The van der Waals surface area contributed by atoms with Gasteiger partial charge < -0.3 is 10.2 Å². The van der Waals surface area contributed by atoms with E-state index in [9.17, 15) is 0 Å². The van der Waals surface area contributed by atoms with E-state index in [2.05, 4.69) is 24.8 Å². The molecule has 1 aromatic carbocycles. The van der Waals surface area contributed by atoms with Crippen molar-refractivity contribution in [3.05, 3.63) is 66.8 Å². The Kier molecular flexibility index (Phi) is 5.39. The van der Waals surface area contributed by atoms with E-state index < -0.39 is 11.0 Å². The van der Waals surface area contributed by atoms with Crippen LogP contribution in [-0.4, -0.2) is 21.2 Å². The standard InChI is InChI=1S/C14H13Cl.CH2O3/c1-2-14(15)10-6-9-13(11-14)12-7-4-3-5-8-12;2-1(3)4/h2-10H,1,11H2;(H2,2,3,4). The lowest BCUT2D eigenvalue weighted by Crippen LogP contribution is -2.16. The molecular formula is C15H15ClO3. The molecule has 0 aliphatic heterocycles. The van der Waals surface area contributed by atoms with Gasteiger partial charge in [0.15, 0.2) is 0 Å². The SMILES string of the molecule is C=CC1(Cl)C=CC=C(c2ccccc2)C1.O=C(O)O. The molecule has 0 bridgehead atoms. The number of carboxylic acid groups (broad SMARTS) is 2. The summed E-state index contributed by atoms with van der Waals surface area (Å²) in [7, 11) is 0. The van der Waals surface area contributed by atoms with Crippen LogP contribution in [-0.2, 0) is 0 Å². The highest BCUT2D eigenvalue weighted by Crippen LogP contribution is 2.35. The fourth-order valence-electron chi connectivity index (χ4n) is 1.72. The maximum Gasteiger partial charge on any atom is 0.503 e. The summed E-state index contributed by atoms with van der Waals surface area (Å²) < 4.78 is 0. The second-order valence-electron chi connectivity index (χ2n) is 4.01. The van der Waals surface area contributed by atoms with Crippen LogP contribution in [0.2, 0.25) is 0 Å². The largest absolute Gasteiger partial charge is 0.503 e. The van der Waals surface area contributed by atoms with E-state index in [0.29, 0.717) is 0 Å². The molecule has 0 heterocycles. The molecule has 0 saturated carbocycles. The van der Waals surface area contributed by atoms with Crippen LogP contribution in [0.4, 0.5) is 4.79 Å². The van der Waals surface area contributed by atoms with Crippen LogP contribution in [0.5, 0.6) is 0 Å². The lowest BCUT2D eigenvalue weighted by Gasteiger charge is -2.23. The average molecular weight is 279 g/mol. The summed E-state index contributed by atoms with van der Waals surface area (Å²) in [5.41, 5.74) is 2.49. The Balaban J connectivity index is 0.000000399. The zero-order valence-electron chi connectivity index (χ0n) is 10.3. The smallest absolute Gasteiger partial charge is 0.450 e. The molecule has 0 amide bonds. The summed E-state index contributed by atoms with van der Waals surface area (Å²) in [6, 6.07) is 10.3. The van der Waals surface area contributed by atoms with Gasteiger partial charge in [-0.25, -0.2) is 4.79 Å². The van der Waals surface area contributed by atoms with Gasteiger partial charge in [0.05, 0.1) is 4.87 Å². The highest BCUT2D eigenvalue weighted by molar-refractivity contribution is 6.27. The van der Waals surface area contributed by atoms with Gasteiger partial charge in [-0.3, -0.25) is 0 Å². The van der Waals surface area contributed by atoms with Gasteiger partial charge >= 0.3 is 6.16 Å². The summed E-state index contributed by atoms with van der Waals surface area (Å²) in [6.07, 6.45) is 6.85.